The third kappa shape index (κ3) is 3.61. The predicted octanol–water partition coefficient (Wildman–Crippen LogP) is 3.46. The molecule has 0 heterocycles. The van der Waals surface area contributed by atoms with Crippen molar-refractivity contribution in [3.8, 4) is 11.5 Å². The normalized spacial score (nSPS) is 11.0. The molecule has 0 spiro atoms. The monoisotopic (exact) mass is 361 g/mol. The zero-order valence-electron chi connectivity index (χ0n) is 14.9. The molecule has 7 heteroatoms. The number of hydrogen-bond acceptors (Lipinski definition) is 4. The minimum atomic E-state index is -1.06. The molecule has 2 aromatic carbocycles. The molecule has 0 aliphatic rings. The van der Waals surface area contributed by atoms with E-state index in [0.717, 1.165) is 6.07 Å². The Balaban J connectivity index is 2.30. The number of anilines is 1. The van der Waals surface area contributed by atoms with Crippen LogP contribution in [0.25, 0.3) is 0 Å². The first-order valence-corrected chi connectivity index (χ1v) is 7.78. The van der Waals surface area contributed by atoms with Gasteiger partial charge < -0.3 is 19.9 Å². The first-order chi connectivity index (χ1) is 12.2. The van der Waals surface area contributed by atoms with Crippen LogP contribution in [0.1, 0.15) is 29.8 Å². The Morgan fingerprint density at radius 2 is 1.65 bits per heavy atom. The maximum atomic E-state index is 14.2. The molecule has 0 aliphatic carbocycles. The van der Waals surface area contributed by atoms with Crippen LogP contribution in [0.15, 0.2) is 36.4 Å². The summed E-state index contributed by atoms with van der Waals surface area (Å²) in [6.07, 6.45) is 0. The Hall–Kier alpha value is -3.09. The number of amides is 1. The van der Waals surface area contributed by atoms with Crippen molar-refractivity contribution >= 4 is 17.6 Å². The lowest BCUT2D eigenvalue weighted by Gasteiger charge is -2.20. The lowest BCUT2D eigenvalue weighted by Crippen LogP contribution is -2.28. The summed E-state index contributed by atoms with van der Waals surface area (Å²) in [4.78, 5) is 23.8. The fourth-order valence-electron chi connectivity index (χ4n) is 2.40. The molecular formula is C19H20FNO5. The van der Waals surface area contributed by atoms with Crippen LogP contribution in [0.5, 0.6) is 11.5 Å². The minimum absolute atomic E-state index is 0.00590. The largest absolute Gasteiger partial charge is 0.493 e. The summed E-state index contributed by atoms with van der Waals surface area (Å²) in [7, 11) is 2.71. The number of carbonyl (C=O) groups excluding carboxylic acids is 1. The van der Waals surface area contributed by atoms with Crippen LogP contribution in [-0.2, 0) is 10.2 Å². The predicted molar refractivity (Wildman–Crippen MR) is 94.6 cm³/mol. The third-order valence-electron chi connectivity index (χ3n) is 4.12. The Bertz CT molecular complexity index is 831. The second-order valence-corrected chi connectivity index (χ2v) is 6.12. The molecule has 138 valence electrons. The van der Waals surface area contributed by atoms with Crippen LogP contribution in [0.3, 0.4) is 0 Å². The molecule has 26 heavy (non-hydrogen) atoms. The first-order valence-electron chi connectivity index (χ1n) is 7.78. The molecule has 0 radical (unpaired) electrons. The number of carboxylic acid groups (broad SMARTS) is 1. The maximum Gasteiger partial charge on any atom is 0.313 e. The molecule has 0 saturated carbocycles. The average Bonchev–Trinajstić information content (AvgIpc) is 2.61. The summed E-state index contributed by atoms with van der Waals surface area (Å²) in [5.41, 5.74) is -0.371. The number of methoxy groups -OCH3 is 2. The Morgan fingerprint density at radius 3 is 2.15 bits per heavy atom. The molecule has 0 saturated heterocycles. The number of halogens is 1. The van der Waals surface area contributed by atoms with E-state index < -0.39 is 23.1 Å². The van der Waals surface area contributed by atoms with Crippen molar-refractivity contribution in [3.05, 3.63) is 53.3 Å². The summed E-state index contributed by atoms with van der Waals surface area (Å²) in [5, 5.41) is 11.8. The van der Waals surface area contributed by atoms with Crippen molar-refractivity contribution in [2.75, 3.05) is 19.5 Å². The number of carboxylic acids is 1. The smallest absolute Gasteiger partial charge is 0.313 e. The van der Waals surface area contributed by atoms with Crippen LogP contribution >= 0.6 is 0 Å². The molecule has 1 amide bonds. The number of carbonyl (C=O) groups is 2. The molecule has 2 N–H and O–H groups in total. The zero-order chi connectivity index (χ0) is 19.5. The van der Waals surface area contributed by atoms with E-state index in [1.165, 1.54) is 20.3 Å². The number of aliphatic carboxylic acids is 1. The molecule has 0 bridgehead atoms. The molecule has 2 rings (SSSR count). The standard InChI is InChI=1S/C19H20FNO5/c1-19(2,18(23)24)11-5-7-12(8-6-11)21-17(22)15-13(20)9-10-14(25-3)16(15)26-4/h5-10H,1-4H3,(H,21,22)(H,23,24). The molecule has 0 aliphatic heterocycles. The average molecular weight is 361 g/mol. The Labute approximate surface area is 150 Å². The van der Waals surface area contributed by atoms with Gasteiger partial charge in [0, 0.05) is 5.69 Å². The fraction of sp³-hybridized carbons (Fsp3) is 0.263. The topological polar surface area (TPSA) is 84.9 Å². The lowest BCUT2D eigenvalue weighted by atomic mass is 9.85. The molecule has 0 fully saturated rings. The first kappa shape index (κ1) is 19.2. The zero-order valence-corrected chi connectivity index (χ0v) is 14.9. The molecular weight excluding hydrogens is 341 g/mol. The van der Waals surface area contributed by atoms with E-state index in [2.05, 4.69) is 5.32 Å². The van der Waals surface area contributed by atoms with Crippen molar-refractivity contribution in [1.29, 1.82) is 0 Å². The summed E-state index contributed by atoms with van der Waals surface area (Å²) in [5.74, 6) is -2.18. The van der Waals surface area contributed by atoms with E-state index in [9.17, 15) is 19.1 Å². The van der Waals surface area contributed by atoms with Gasteiger partial charge in [-0.15, -0.1) is 0 Å². The highest BCUT2D eigenvalue weighted by Crippen LogP contribution is 2.33. The van der Waals surface area contributed by atoms with Crippen molar-refractivity contribution in [2.45, 2.75) is 19.3 Å². The maximum absolute atomic E-state index is 14.2. The third-order valence-corrected chi connectivity index (χ3v) is 4.12. The number of nitrogens with one attached hydrogen (secondary N) is 1. The molecule has 0 unspecified atom stereocenters. The highest BCUT2D eigenvalue weighted by atomic mass is 19.1. The van der Waals surface area contributed by atoms with Crippen LogP contribution in [0.4, 0.5) is 10.1 Å². The van der Waals surface area contributed by atoms with Crippen LogP contribution < -0.4 is 14.8 Å². The second kappa shape index (κ2) is 7.43. The number of rotatable bonds is 6. The Morgan fingerprint density at radius 1 is 1.04 bits per heavy atom. The molecule has 0 atom stereocenters. The van der Waals surface area contributed by atoms with Gasteiger partial charge in [-0.1, -0.05) is 12.1 Å². The van der Waals surface area contributed by atoms with Crippen molar-refractivity contribution < 1.29 is 28.6 Å². The van der Waals surface area contributed by atoms with E-state index in [4.69, 9.17) is 9.47 Å². The van der Waals surface area contributed by atoms with Crippen molar-refractivity contribution in [2.24, 2.45) is 0 Å². The highest BCUT2D eigenvalue weighted by Gasteiger charge is 2.29. The summed E-state index contributed by atoms with van der Waals surface area (Å²) in [6.45, 7) is 3.17. The second-order valence-electron chi connectivity index (χ2n) is 6.12. The van der Waals surface area contributed by atoms with Gasteiger partial charge in [0.05, 0.1) is 19.6 Å². The van der Waals surface area contributed by atoms with Crippen LogP contribution in [0.2, 0.25) is 0 Å². The van der Waals surface area contributed by atoms with E-state index in [-0.39, 0.29) is 17.1 Å². The van der Waals surface area contributed by atoms with E-state index in [1.807, 2.05) is 0 Å². The number of hydrogen-bond donors (Lipinski definition) is 2. The highest BCUT2D eigenvalue weighted by molar-refractivity contribution is 6.07. The van der Waals surface area contributed by atoms with Crippen molar-refractivity contribution in [3.63, 3.8) is 0 Å². The van der Waals surface area contributed by atoms with Crippen LogP contribution in [0, 0.1) is 5.82 Å². The van der Waals surface area contributed by atoms with E-state index in [0.29, 0.717) is 11.3 Å². The minimum Gasteiger partial charge on any atom is -0.493 e. The summed E-state index contributed by atoms with van der Waals surface area (Å²) >= 11 is 0. The van der Waals surface area contributed by atoms with Crippen LogP contribution in [-0.4, -0.2) is 31.2 Å². The van der Waals surface area contributed by atoms with Gasteiger partial charge in [0.15, 0.2) is 11.5 Å². The van der Waals surface area contributed by atoms with Gasteiger partial charge >= 0.3 is 5.97 Å². The number of benzene rings is 2. The van der Waals surface area contributed by atoms with E-state index >= 15 is 0 Å². The van der Waals surface area contributed by atoms with E-state index in [1.54, 1.807) is 38.1 Å². The quantitative estimate of drug-likeness (QED) is 0.823. The van der Waals surface area contributed by atoms with Gasteiger partial charge in [0.25, 0.3) is 5.91 Å². The summed E-state index contributed by atoms with van der Waals surface area (Å²) < 4.78 is 24.3. The SMILES string of the molecule is COc1ccc(F)c(C(=O)Nc2ccc(C(C)(C)C(=O)O)cc2)c1OC. The van der Waals surface area contributed by atoms with Gasteiger partial charge in [0.2, 0.25) is 0 Å². The van der Waals surface area contributed by atoms with Crippen molar-refractivity contribution in [1.82, 2.24) is 0 Å². The molecule has 6 nitrogen and oxygen atoms in total. The van der Waals surface area contributed by atoms with Gasteiger partial charge in [-0.2, -0.15) is 0 Å². The van der Waals surface area contributed by atoms with Gasteiger partial charge in [-0.25, -0.2) is 4.39 Å². The molecule has 0 aromatic heterocycles. The number of ether oxygens (including phenoxy) is 2. The summed E-state index contributed by atoms with van der Waals surface area (Å²) in [6, 6.07) is 8.80. The van der Waals surface area contributed by atoms with Gasteiger partial charge in [-0.3, -0.25) is 9.59 Å². The fourth-order valence-corrected chi connectivity index (χ4v) is 2.40. The van der Waals surface area contributed by atoms with Gasteiger partial charge in [-0.05, 0) is 43.7 Å². The Kier molecular flexibility index (Phi) is 5.50. The van der Waals surface area contributed by atoms with Gasteiger partial charge in [0.1, 0.15) is 11.4 Å². The molecule has 2 aromatic rings. The lowest BCUT2D eigenvalue weighted by molar-refractivity contribution is -0.142.